The molecular weight excluding hydrogens is 470 g/mol. The van der Waals surface area contributed by atoms with Gasteiger partial charge in [0.2, 0.25) is 0 Å². The number of amides is 1. The molecule has 0 radical (unpaired) electrons. The quantitative estimate of drug-likeness (QED) is 0.392. The van der Waals surface area contributed by atoms with Crippen molar-refractivity contribution in [2.45, 2.75) is 0 Å². The maximum absolute atomic E-state index is 13.2. The summed E-state index contributed by atoms with van der Waals surface area (Å²) < 4.78 is 21.1. The van der Waals surface area contributed by atoms with Crippen LogP contribution in [0.25, 0.3) is 16.9 Å². The summed E-state index contributed by atoms with van der Waals surface area (Å²) in [5, 5.41) is 0.652. The third kappa shape index (κ3) is 4.31. The molecule has 0 saturated carbocycles. The number of ether oxygens (including phenoxy) is 1. The van der Waals surface area contributed by atoms with Gasteiger partial charge in [0.05, 0.1) is 0 Å². The number of rotatable bonds is 4. The zero-order valence-electron chi connectivity index (χ0n) is 15.9. The molecule has 0 N–H and O–H groups in total. The van der Waals surface area contributed by atoms with E-state index in [9.17, 15) is 9.18 Å². The van der Waals surface area contributed by atoms with Crippen LogP contribution in [-0.2, 0) is 0 Å². The van der Waals surface area contributed by atoms with Crippen LogP contribution in [0.15, 0.2) is 82.7 Å². The van der Waals surface area contributed by atoms with E-state index in [-0.39, 0.29) is 14.5 Å². The van der Waals surface area contributed by atoms with Crippen molar-refractivity contribution in [3.63, 3.8) is 0 Å². The number of hydrogen-bond donors (Lipinski definition) is 0. The van der Waals surface area contributed by atoms with Crippen LogP contribution < -0.4 is 9.10 Å². The molecule has 4 aromatic rings. The van der Waals surface area contributed by atoms with E-state index in [4.69, 9.17) is 16.3 Å². The van der Waals surface area contributed by atoms with Crippen LogP contribution in [0.5, 0.6) is 5.75 Å². The minimum absolute atomic E-state index is 0.162. The molecule has 0 spiro atoms. The number of halogens is 2. The van der Waals surface area contributed by atoms with Gasteiger partial charge in [-0.3, -0.25) is 0 Å². The number of methoxy groups -OCH3 is 1. The standard InChI is InChI=1S/C23H16ClFN2O2Se/c1-29-20-12-10-19(11-13-20)27-21(15-2-6-17(24)7-3-15)14-30-23(27)26-22(28)16-4-8-18(25)9-5-16/h2-14H,1H3. The van der Waals surface area contributed by atoms with E-state index in [2.05, 4.69) is 9.93 Å². The molecule has 0 atom stereocenters. The summed E-state index contributed by atoms with van der Waals surface area (Å²) in [4.78, 5) is 19.1. The Kier molecular flexibility index (Phi) is 6.00. The molecule has 1 aromatic heterocycles. The Bertz CT molecular complexity index is 1240. The van der Waals surface area contributed by atoms with E-state index in [0.29, 0.717) is 14.9 Å². The topological polar surface area (TPSA) is 43.6 Å². The first kappa shape index (κ1) is 20.4. The summed E-state index contributed by atoms with van der Waals surface area (Å²) in [6.07, 6.45) is 0. The van der Waals surface area contributed by atoms with Crippen molar-refractivity contribution in [3.05, 3.63) is 98.5 Å². The van der Waals surface area contributed by atoms with E-state index in [1.165, 1.54) is 24.3 Å². The van der Waals surface area contributed by atoms with Gasteiger partial charge >= 0.3 is 184 Å². The van der Waals surface area contributed by atoms with Gasteiger partial charge in [0.25, 0.3) is 0 Å². The van der Waals surface area contributed by atoms with Crippen molar-refractivity contribution in [2.24, 2.45) is 4.99 Å². The number of carbonyl (C=O) groups is 1. The number of benzene rings is 3. The monoisotopic (exact) mass is 486 g/mol. The summed E-state index contributed by atoms with van der Waals surface area (Å²) in [7, 11) is 1.61. The molecule has 4 nitrogen and oxygen atoms in total. The zero-order valence-corrected chi connectivity index (χ0v) is 18.3. The molecule has 4 rings (SSSR count). The van der Waals surface area contributed by atoms with Gasteiger partial charge in [0, 0.05) is 0 Å². The molecule has 0 saturated heterocycles. The molecule has 1 amide bonds. The van der Waals surface area contributed by atoms with E-state index >= 15 is 0 Å². The van der Waals surface area contributed by atoms with Gasteiger partial charge in [-0.1, -0.05) is 0 Å². The van der Waals surface area contributed by atoms with Crippen LogP contribution >= 0.6 is 11.6 Å². The second-order valence-electron chi connectivity index (χ2n) is 6.37. The Balaban J connectivity index is 1.86. The third-order valence-corrected chi connectivity index (χ3v) is 6.45. The van der Waals surface area contributed by atoms with E-state index < -0.39 is 11.7 Å². The fraction of sp³-hybridized carbons (Fsp3) is 0.0435. The predicted molar refractivity (Wildman–Crippen MR) is 116 cm³/mol. The summed E-state index contributed by atoms with van der Waals surface area (Å²) >= 11 is 5.88. The molecule has 30 heavy (non-hydrogen) atoms. The van der Waals surface area contributed by atoms with Crippen molar-refractivity contribution >= 4 is 32.0 Å². The predicted octanol–water partition coefficient (Wildman–Crippen LogP) is 4.74. The Morgan fingerprint density at radius 1 is 1.00 bits per heavy atom. The van der Waals surface area contributed by atoms with Crippen LogP contribution in [0.3, 0.4) is 0 Å². The van der Waals surface area contributed by atoms with E-state index in [0.717, 1.165) is 22.7 Å². The van der Waals surface area contributed by atoms with Crippen molar-refractivity contribution < 1.29 is 13.9 Å². The van der Waals surface area contributed by atoms with Crippen molar-refractivity contribution in [2.75, 3.05) is 7.11 Å². The molecule has 0 fully saturated rings. The molecule has 3 aromatic carbocycles. The molecule has 0 unspecified atom stereocenters. The number of aromatic nitrogens is 1. The number of hydrogen-bond acceptors (Lipinski definition) is 2. The molecule has 1 heterocycles. The second kappa shape index (κ2) is 8.84. The summed E-state index contributed by atoms with van der Waals surface area (Å²) in [5.74, 6) is -0.0617. The summed E-state index contributed by atoms with van der Waals surface area (Å²) in [6, 6.07) is 20.5. The van der Waals surface area contributed by atoms with Crippen LogP contribution in [0.2, 0.25) is 5.02 Å². The molecule has 7 heteroatoms. The van der Waals surface area contributed by atoms with E-state index in [1.54, 1.807) is 7.11 Å². The fourth-order valence-corrected chi connectivity index (χ4v) is 4.96. The Morgan fingerprint density at radius 2 is 1.67 bits per heavy atom. The van der Waals surface area contributed by atoms with Gasteiger partial charge in [-0.05, 0) is 0 Å². The van der Waals surface area contributed by atoms with Crippen LogP contribution in [0.4, 0.5) is 4.39 Å². The fourth-order valence-electron chi connectivity index (χ4n) is 2.94. The first-order chi connectivity index (χ1) is 14.5. The van der Waals surface area contributed by atoms with Gasteiger partial charge in [-0.25, -0.2) is 0 Å². The zero-order chi connectivity index (χ0) is 21.1. The number of carbonyl (C=O) groups excluding carboxylic acids is 1. The summed E-state index contributed by atoms with van der Waals surface area (Å²) in [5.41, 5.74) is 3.11. The molecule has 0 aliphatic carbocycles. The molecular formula is C23H16ClFN2O2Se. The molecule has 0 bridgehead atoms. The van der Waals surface area contributed by atoms with Gasteiger partial charge < -0.3 is 0 Å². The molecule has 150 valence electrons. The van der Waals surface area contributed by atoms with Crippen LogP contribution in [0, 0.1) is 5.82 Å². The van der Waals surface area contributed by atoms with Crippen molar-refractivity contribution in [1.29, 1.82) is 0 Å². The minimum atomic E-state index is -0.406. The SMILES string of the molecule is COc1ccc(-n2c(-c3ccc(Cl)cc3)c[se]c2=NC(=O)c2ccc(F)cc2)cc1. The number of nitrogens with zero attached hydrogens (tertiary/aromatic N) is 2. The van der Waals surface area contributed by atoms with Crippen LogP contribution in [0.1, 0.15) is 10.4 Å². The normalized spacial score (nSPS) is 11.5. The molecule has 0 aliphatic heterocycles. The van der Waals surface area contributed by atoms with Gasteiger partial charge in [-0.2, -0.15) is 0 Å². The average molecular weight is 486 g/mol. The Morgan fingerprint density at radius 3 is 2.30 bits per heavy atom. The van der Waals surface area contributed by atoms with Crippen molar-refractivity contribution in [1.82, 2.24) is 4.57 Å². The van der Waals surface area contributed by atoms with Crippen LogP contribution in [-0.4, -0.2) is 32.1 Å². The Hall–Kier alpha value is -2.92. The van der Waals surface area contributed by atoms with Crippen molar-refractivity contribution in [3.8, 4) is 22.7 Å². The van der Waals surface area contributed by atoms with Gasteiger partial charge in [-0.15, -0.1) is 0 Å². The molecule has 0 aliphatic rings. The first-order valence-electron chi connectivity index (χ1n) is 9.01. The third-order valence-electron chi connectivity index (χ3n) is 4.47. The second-order valence-corrected chi connectivity index (χ2v) is 8.56. The van der Waals surface area contributed by atoms with Gasteiger partial charge in [0.1, 0.15) is 0 Å². The maximum atomic E-state index is 13.2. The first-order valence-corrected chi connectivity index (χ1v) is 11.2. The van der Waals surface area contributed by atoms with Gasteiger partial charge in [0.15, 0.2) is 0 Å². The summed E-state index contributed by atoms with van der Waals surface area (Å²) in [6.45, 7) is 0. The average Bonchev–Trinajstić information content (AvgIpc) is 3.18. The Labute approximate surface area is 183 Å². The van der Waals surface area contributed by atoms with E-state index in [1.807, 2.05) is 53.1 Å².